The smallest absolute Gasteiger partial charge is 0.310 e. The highest BCUT2D eigenvalue weighted by Crippen LogP contribution is 2.41. The number of rotatable bonds is 5. The highest BCUT2D eigenvalue weighted by atomic mass is 79.9. The zero-order valence-electron chi connectivity index (χ0n) is 10.9. The average molecular weight is 317 g/mol. The summed E-state index contributed by atoms with van der Waals surface area (Å²) in [6.45, 7) is 3.62. The van der Waals surface area contributed by atoms with Gasteiger partial charge >= 0.3 is 5.97 Å². The van der Waals surface area contributed by atoms with Gasteiger partial charge in [-0.25, -0.2) is 0 Å². The zero-order chi connectivity index (χ0) is 13.9. The summed E-state index contributed by atoms with van der Waals surface area (Å²) in [6.07, 6.45) is 0.673. The van der Waals surface area contributed by atoms with Crippen molar-refractivity contribution in [3.05, 3.63) is 21.7 Å². The number of hydrogen-bond acceptors (Lipinski definition) is 3. The van der Waals surface area contributed by atoms with Gasteiger partial charge in [0.2, 0.25) is 0 Å². The molecule has 0 heterocycles. The number of carbonyl (C=O) groups is 1. The Kier molecular flexibility index (Phi) is 5.02. The largest absolute Gasteiger partial charge is 0.493 e. The molecule has 1 N–H and O–H groups in total. The van der Waals surface area contributed by atoms with E-state index in [0.717, 1.165) is 15.6 Å². The average Bonchev–Trinajstić information content (AvgIpc) is 2.36. The number of carboxylic acid groups (broad SMARTS) is 1. The fourth-order valence-electron chi connectivity index (χ4n) is 1.99. The third kappa shape index (κ3) is 2.61. The van der Waals surface area contributed by atoms with Gasteiger partial charge in [-0.15, -0.1) is 0 Å². The van der Waals surface area contributed by atoms with Crippen molar-refractivity contribution in [2.45, 2.75) is 26.2 Å². The van der Waals surface area contributed by atoms with Gasteiger partial charge in [0.15, 0.2) is 11.5 Å². The van der Waals surface area contributed by atoms with E-state index in [1.165, 1.54) is 0 Å². The van der Waals surface area contributed by atoms with Crippen LogP contribution in [0.25, 0.3) is 0 Å². The molecule has 0 spiro atoms. The van der Waals surface area contributed by atoms with Gasteiger partial charge in [-0.3, -0.25) is 4.79 Å². The summed E-state index contributed by atoms with van der Waals surface area (Å²) in [6, 6.07) is 1.74. The standard InChI is InChI=1S/C13H17BrO4/c1-5-8-11(7(2)13(15)16)9(14)6-10(17-3)12(8)18-4/h6-7H,5H2,1-4H3,(H,15,16). The van der Waals surface area contributed by atoms with E-state index < -0.39 is 11.9 Å². The van der Waals surface area contributed by atoms with Crippen LogP contribution in [0.5, 0.6) is 11.5 Å². The second kappa shape index (κ2) is 6.09. The Labute approximate surface area is 115 Å². The fourth-order valence-corrected chi connectivity index (χ4v) is 2.78. The van der Waals surface area contributed by atoms with Crippen LogP contribution in [-0.4, -0.2) is 25.3 Å². The van der Waals surface area contributed by atoms with E-state index in [1.807, 2.05) is 6.92 Å². The molecule has 0 amide bonds. The maximum atomic E-state index is 11.2. The molecule has 1 aromatic rings. The molecule has 0 aromatic heterocycles. The minimum atomic E-state index is -0.863. The number of carboxylic acids is 1. The zero-order valence-corrected chi connectivity index (χ0v) is 12.5. The molecule has 0 fully saturated rings. The maximum Gasteiger partial charge on any atom is 0.310 e. The van der Waals surface area contributed by atoms with E-state index >= 15 is 0 Å². The Bertz CT molecular complexity index is 457. The van der Waals surface area contributed by atoms with Crippen molar-refractivity contribution in [3.63, 3.8) is 0 Å². The molecule has 0 bridgehead atoms. The first-order chi connectivity index (χ1) is 8.47. The third-order valence-corrected chi connectivity index (χ3v) is 3.58. The Morgan fingerprint density at radius 2 is 2.06 bits per heavy atom. The van der Waals surface area contributed by atoms with Crippen LogP contribution in [-0.2, 0) is 11.2 Å². The molecule has 5 heteroatoms. The van der Waals surface area contributed by atoms with E-state index in [1.54, 1.807) is 27.2 Å². The minimum absolute atomic E-state index is 0.600. The molecular weight excluding hydrogens is 300 g/mol. The van der Waals surface area contributed by atoms with Gasteiger partial charge in [-0.1, -0.05) is 22.9 Å². The predicted molar refractivity (Wildman–Crippen MR) is 72.7 cm³/mol. The van der Waals surface area contributed by atoms with Gasteiger partial charge in [-0.05, 0) is 25.0 Å². The predicted octanol–water partition coefficient (Wildman–Crippen LogP) is 3.22. The normalized spacial score (nSPS) is 12.1. The monoisotopic (exact) mass is 316 g/mol. The van der Waals surface area contributed by atoms with Crippen molar-refractivity contribution in [1.29, 1.82) is 0 Å². The summed E-state index contributed by atoms with van der Waals surface area (Å²) in [5, 5.41) is 9.18. The molecular formula is C13H17BrO4. The topological polar surface area (TPSA) is 55.8 Å². The number of aliphatic carboxylic acids is 1. The molecule has 1 atom stereocenters. The number of methoxy groups -OCH3 is 2. The van der Waals surface area contributed by atoms with Crippen LogP contribution in [0.4, 0.5) is 0 Å². The van der Waals surface area contributed by atoms with Gasteiger partial charge in [0, 0.05) is 10.0 Å². The Balaban J connectivity index is 3.55. The summed E-state index contributed by atoms with van der Waals surface area (Å²) >= 11 is 3.41. The first kappa shape index (κ1) is 14.8. The minimum Gasteiger partial charge on any atom is -0.493 e. The van der Waals surface area contributed by atoms with Crippen LogP contribution in [0.2, 0.25) is 0 Å². The molecule has 1 rings (SSSR count). The Morgan fingerprint density at radius 3 is 2.44 bits per heavy atom. The quantitative estimate of drug-likeness (QED) is 0.906. The van der Waals surface area contributed by atoms with Crippen molar-refractivity contribution < 1.29 is 19.4 Å². The van der Waals surface area contributed by atoms with Gasteiger partial charge in [0.25, 0.3) is 0 Å². The lowest BCUT2D eigenvalue weighted by Crippen LogP contribution is -2.12. The maximum absolute atomic E-state index is 11.2. The van der Waals surface area contributed by atoms with Crippen molar-refractivity contribution in [2.75, 3.05) is 14.2 Å². The summed E-state index contributed by atoms with van der Waals surface area (Å²) in [7, 11) is 3.12. The molecule has 18 heavy (non-hydrogen) atoms. The molecule has 0 aliphatic rings. The Morgan fingerprint density at radius 1 is 1.44 bits per heavy atom. The summed E-state index contributed by atoms with van der Waals surface area (Å²) < 4.78 is 11.3. The molecule has 100 valence electrons. The second-order valence-corrected chi connectivity index (χ2v) is 4.75. The van der Waals surface area contributed by atoms with E-state index in [4.69, 9.17) is 9.47 Å². The van der Waals surface area contributed by atoms with Crippen LogP contribution in [0.1, 0.15) is 30.9 Å². The molecule has 4 nitrogen and oxygen atoms in total. The number of ether oxygens (including phenoxy) is 2. The molecule has 0 aliphatic heterocycles. The van der Waals surface area contributed by atoms with E-state index in [2.05, 4.69) is 15.9 Å². The van der Waals surface area contributed by atoms with Gasteiger partial charge in [0.1, 0.15) is 0 Å². The fraction of sp³-hybridized carbons (Fsp3) is 0.462. The van der Waals surface area contributed by atoms with Gasteiger partial charge in [-0.2, -0.15) is 0 Å². The molecule has 0 saturated heterocycles. The van der Waals surface area contributed by atoms with Gasteiger partial charge in [0.05, 0.1) is 20.1 Å². The molecule has 0 radical (unpaired) electrons. The van der Waals surface area contributed by atoms with E-state index in [-0.39, 0.29) is 0 Å². The lowest BCUT2D eigenvalue weighted by atomic mass is 9.93. The van der Waals surface area contributed by atoms with Gasteiger partial charge < -0.3 is 14.6 Å². The second-order valence-electron chi connectivity index (χ2n) is 3.90. The summed E-state index contributed by atoms with van der Waals surface area (Å²) in [5.74, 6) is -0.263. The van der Waals surface area contributed by atoms with Crippen LogP contribution in [0, 0.1) is 0 Å². The number of halogens is 1. The van der Waals surface area contributed by atoms with Crippen molar-refractivity contribution >= 4 is 21.9 Å². The summed E-state index contributed by atoms with van der Waals surface area (Å²) in [5.41, 5.74) is 1.60. The van der Waals surface area contributed by atoms with Crippen molar-refractivity contribution in [3.8, 4) is 11.5 Å². The Hall–Kier alpha value is -1.23. The first-order valence-corrected chi connectivity index (χ1v) is 6.43. The molecule has 1 unspecified atom stereocenters. The number of benzene rings is 1. The van der Waals surface area contributed by atoms with Crippen LogP contribution < -0.4 is 9.47 Å². The highest BCUT2D eigenvalue weighted by molar-refractivity contribution is 9.10. The molecule has 1 aromatic carbocycles. The first-order valence-electron chi connectivity index (χ1n) is 5.63. The van der Waals surface area contributed by atoms with Crippen molar-refractivity contribution in [1.82, 2.24) is 0 Å². The lowest BCUT2D eigenvalue weighted by molar-refractivity contribution is -0.138. The number of hydrogen-bond donors (Lipinski definition) is 1. The molecule has 0 aliphatic carbocycles. The van der Waals surface area contributed by atoms with Crippen LogP contribution >= 0.6 is 15.9 Å². The van der Waals surface area contributed by atoms with E-state index in [9.17, 15) is 9.90 Å². The third-order valence-electron chi connectivity index (χ3n) is 2.92. The molecule has 0 saturated carbocycles. The van der Waals surface area contributed by atoms with Crippen LogP contribution in [0.3, 0.4) is 0 Å². The van der Waals surface area contributed by atoms with Crippen molar-refractivity contribution in [2.24, 2.45) is 0 Å². The SMILES string of the molecule is CCc1c(OC)c(OC)cc(Br)c1C(C)C(=O)O. The van der Waals surface area contributed by atoms with E-state index in [0.29, 0.717) is 17.9 Å². The lowest BCUT2D eigenvalue weighted by Gasteiger charge is -2.20. The van der Waals surface area contributed by atoms with Crippen LogP contribution in [0.15, 0.2) is 10.5 Å². The highest BCUT2D eigenvalue weighted by Gasteiger charge is 2.24. The summed E-state index contributed by atoms with van der Waals surface area (Å²) in [4.78, 5) is 11.2.